The number of para-hydroxylation sites is 1. The van der Waals surface area contributed by atoms with E-state index in [9.17, 15) is 14.4 Å². The zero-order valence-corrected chi connectivity index (χ0v) is 15.6. The van der Waals surface area contributed by atoms with Gasteiger partial charge in [0.05, 0.1) is 5.69 Å². The maximum Gasteiger partial charge on any atom is 0.263 e. The maximum absolute atomic E-state index is 12.8. The van der Waals surface area contributed by atoms with Crippen LogP contribution in [-0.4, -0.2) is 41.4 Å². The molecule has 4 rings (SSSR count). The number of carbonyl (C=O) groups is 3. The van der Waals surface area contributed by atoms with Crippen molar-refractivity contribution in [2.75, 3.05) is 16.8 Å². The number of imide groups is 1. The highest BCUT2D eigenvalue weighted by atomic mass is 35.5. The maximum atomic E-state index is 12.8. The first kappa shape index (κ1) is 18.1. The topological polar surface area (TPSA) is 94.4 Å². The fourth-order valence-electron chi connectivity index (χ4n) is 3.27. The Balaban J connectivity index is 1.49. The third-order valence-corrected chi connectivity index (χ3v) is 5.13. The number of fused-ring (bicyclic) bond motifs is 1. The lowest BCUT2D eigenvalue weighted by molar-refractivity contribution is -0.123. The quantitative estimate of drug-likeness (QED) is 0.802. The van der Waals surface area contributed by atoms with E-state index in [1.54, 1.807) is 55.5 Å². The van der Waals surface area contributed by atoms with Crippen molar-refractivity contribution in [1.29, 1.82) is 0 Å². The van der Waals surface area contributed by atoms with E-state index >= 15 is 0 Å². The average molecular weight is 398 g/mol. The van der Waals surface area contributed by atoms with Gasteiger partial charge in [-0.05, 0) is 36.8 Å². The van der Waals surface area contributed by atoms with Gasteiger partial charge >= 0.3 is 0 Å². The molecule has 0 unspecified atom stereocenters. The minimum absolute atomic E-state index is 0.210. The summed E-state index contributed by atoms with van der Waals surface area (Å²) in [5.74, 6) is -1.28. The number of nitrogens with zero attached hydrogens (tertiary/aromatic N) is 4. The first-order chi connectivity index (χ1) is 13.5. The molecule has 0 bridgehead atoms. The van der Waals surface area contributed by atoms with Crippen molar-refractivity contribution in [2.45, 2.75) is 19.0 Å². The van der Waals surface area contributed by atoms with Crippen molar-refractivity contribution in [1.82, 2.24) is 5.01 Å². The summed E-state index contributed by atoms with van der Waals surface area (Å²) in [7, 11) is 0. The predicted octanol–water partition coefficient (Wildman–Crippen LogP) is 2.58. The first-order valence-electron chi connectivity index (χ1n) is 8.62. The van der Waals surface area contributed by atoms with Gasteiger partial charge in [0, 0.05) is 10.7 Å². The molecule has 2 atom stereocenters. The largest absolute Gasteiger partial charge is 0.324 e. The van der Waals surface area contributed by atoms with Crippen LogP contribution in [0.1, 0.15) is 5.56 Å². The molecule has 2 aliphatic rings. The summed E-state index contributed by atoms with van der Waals surface area (Å²) in [6.07, 6.45) is 0. The van der Waals surface area contributed by atoms with Crippen LogP contribution in [0.5, 0.6) is 0 Å². The van der Waals surface area contributed by atoms with E-state index in [4.69, 9.17) is 11.6 Å². The van der Waals surface area contributed by atoms with Gasteiger partial charge in [0.15, 0.2) is 12.1 Å². The molecular weight excluding hydrogens is 382 g/mol. The molecule has 2 aromatic carbocycles. The molecule has 2 heterocycles. The summed E-state index contributed by atoms with van der Waals surface area (Å²) in [5.41, 5.74) is 1.78. The lowest BCUT2D eigenvalue weighted by Crippen LogP contribution is -2.43. The van der Waals surface area contributed by atoms with Crippen LogP contribution in [0.25, 0.3) is 0 Å². The molecule has 1 saturated heterocycles. The van der Waals surface area contributed by atoms with Crippen LogP contribution in [0.3, 0.4) is 0 Å². The standard InChI is InChI=1S/C19H16ClN5O3/c1-11-13(20)8-5-9-14(11)21-15(26)10-24-17-16(22-23-24)18(27)25(19(17)28)12-6-3-2-4-7-12/h2-9,16-17H,10H2,1H3,(H,21,26)/t16-,17+/m0/s1. The second kappa shape index (κ2) is 7.05. The summed E-state index contributed by atoms with van der Waals surface area (Å²) in [6, 6.07) is 12.0. The number of rotatable bonds is 4. The van der Waals surface area contributed by atoms with E-state index in [0.717, 1.165) is 10.5 Å². The van der Waals surface area contributed by atoms with Gasteiger partial charge in [-0.3, -0.25) is 19.4 Å². The summed E-state index contributed by atoms with van der Waals surface area (Å²) in [4.78, 5) is 39.0. The van der Waals surface area contributed by atoms with E-state index in [2.05, 4.69) is 15.7 Å². The Morgan fingerprint density at radius 1 is 1.11 bits per heavy atom. The molecule has 8 nitrogen and oxygen atoms in total. The summed E-state index contributed by atoms with van der Waals surface area (Å²) >= 11 is 6.07. The van der Waals surface area contributed by atoms with Crippen molar-refractivity contribution < 1.29 is 14.4 Å². The third kappa shape index (κ3) is 3.01. The molecule has 28 heavy (non-hydrogen) atoms. The molecule has 0 radical (unpaired) electrons. The van der Waals surface area contributed by atoms with Gasteiger partial charge in [-0.2, -0.15) is 5.11 Å². The van der Waals surface area contributed by atoms with Crippen LogP contribution >= 0.6 is 11.6 Å². The van der Waals surface area contributed by atoms with Crippen LogP contribution in [0.2, 0.25) is 5.02 Å². The fourth-order valence-corrected chi connectivity index (χ4v) is 3.44. The Morgan fingerprint density at radius 3 is 2.61 bits per heavy atom. The highest BCUT2D eigenvalue weighted by molar-refractivity contribution is 6.31. The normalized spacial score (nSPS) is 20.6. The minimum atomic E-state index is -0.937. The van der Waals surface area contributed by atoms with Gasteiger partial charge in [-0.15, -0.1) is 0 Å². The molecule has 2 aromatic rings. The fraction of sp³-hybridized carbons (Fsp3) is 0.211. The van der Waals surface area contributed by atoms with Gasteiger partial charge in [0.1, 0.15) is 6.54 Å². The van der Waals surface area contributed by atoms with Crippen LogP contribution in [0, 0.1) is 6.92 Å². The van der Waals surface area contributed by atoms with Crippen molar-refractivity contribution in [3.63, 3.8) is 0 Å². The van der Waals surface area contributed by atoms with Crippen molar-refractivity contribution in [3.05, 3.63) is 59.1 Å². The molecular formula is C19H16ClN5O3. The number of anilines is 2. The monoisotopic (exact) mass is 397 g/mol. The number of carbonyl (C=O) groups excluding carboxylic acids is 3. The molecule has 0 aliphatic carbocycles. The smallest absolute Gasteiger partial charge is 0.263 e. The van der Waals surface area contributed by atoms with Crippen LogP contribution < -0.4 is 10.2 Å². The Labute approximate surface area is 165 Å². The second-order valence-corrected chi connectivity index (χ2v) is 6.91. The van der Waals surface area contributed by atoms with Crippen LogP contribution in [0.4, 0.5) is 11.4 Å². The van der Waals surface area contributed by atoms with E-state index in [-0.39, 0.29) is 12.5 Å². The van der Waals surface area contributed by atoms with Gasteiger partial charge in [-0.25, -0.2) is 4.90 Å². The van der Waals surface area contributed by atoms with Crippen LogP contribution in [0.15, 0.2) is 58.9 Å². The third-order valence-electron chi connectivity index (χ3n) is 4.72. The number of hydrogen-bond acceptors (Lipinski definition) is 6. The highest BCUT2D eigenvalue weighted by Gasteiger charge is 2.55. The lowest BCUT2D eigenvalue weighted by Gasteiger charge is -2.20. The van der Waals surface area contributed by atoms with Gasteiger partial charge < -0.3 is 5.32 Å². The average Bonchev–Trinajstić information content (AvgIpc) is 3.20. The SMILES string of the molecule is Cc1c(Cl)cccc1NC(=O)CN1N=N[C@@H]2C(=O)N(c3ccccc3)C(=O)[C@@H]21. The van der Waals surface area contributed by atoms with Gasteiger partial charge in [-0.1, -0.05) is 41.1 Å². The highest BCUT2D eigenvalue weighted by Crippen LogP contribution is 2.31. The number of amides is 3. The second-order valence-electron chi connectivity index (χ2n) is 6.50. The molecule has 2 aliphatic heterocycles. The first-order valence-corrected chi connectivity index (χ1v) is 9.00. The number of nitrogens with one attached hydrogen (secondary N) is 1. The molecule has 0 saturated carbocycles. The molecule has 0 spiro atoms. The minimum Gasteiger partial charge on any atom is -0.324 e. The molecule has 3 amide bonds. The summed E-state index contributed by atoms with van der Waals surface area (Å²) in [6.45, 7) is 1.58. The number of benzene rings is 2. The molecule has 1 N–H and O–H groups in total. The van der Waals surface area contributed by atoms with E-state index in [0.29, 0.717) is 16.4 Å². The lowest BCUT2D eigenvalue weighted by atomic mass is 10.1. The van der Waals surface area contributed by atoms with Crippen molar-refractivity contribution in [3.8, 4) is 0 Å². The molecule has 142 valence electrons. The zero-order chi connectivity index (χ0) is 19.8. The van der Waals surface area contributed by atoms with E-state index in [1.807, 2.05) is 0 Å². The summed E-state index contributed by atoms with van der Waals surface area (Å²) < 4.78 is 0. The predicted molar refractivity (Wildman–Crippen MR) is 103 cm³/mol. The van der Waals surface area contributed by atoms with Gasteiger partial charge in [0.25, 0.3) is 11.8 Å². The van der Waals surface area contributed by atoms with Gasteiger partial charge in [0.2, 0.25) is 5.91 Å². The van der Waals surface area contributed by atoms with E-state index < -0.39 is 23.9 Å². The molecule has 0 aromatic heterocycles. The zero-order valence-electron chi connectivity index (χ0n) is 14.9. The Bertz CT molecular complexity index is 994. The Kier molecular flexibility index (Phi) is 4.56. The number of hydrogen-bond donors (Lipinski definition) is 1. The molecule has 9 heteroatoms. The Morgan fingerprint density at radius 2 is 1.86 bits per heavy atom. The number of halogens is 1. The molecule has 1 fully saturated rings. The van der Waals surface area contributed by atoms with Crippen molar-refractivity contribution >= 4 is 40.7 Å². The van der Waals surface area contributed by atoms with Crippen LogP contribution in [-0.2, 0) is 14.4 Å². The summed E-state index contributed by atoms with van der Waals surface area (Å²) in [5, 5.41) is 12.3. The van der Waals surface area contributed by atoms with Crippen molar-refractivity contribution in [2.24, 2.45) is 10.3 Å². The Hall–Kier alpha value is -3.26. The van der Waals surface area contributed by atoms with E-state index in [1.165, 1.54) is 5.01 Å².